The Balaban J connectivity index is 1.72. The van der Waals surface area contributed by atoms with E-state index in [4.69, 9.17) is 9.05 Å². The summed E-state index contributed by atoms with van der Waals surface area (Å²) in [5.41, 5.74) is 3.24. The van der Waals surface area contributed by atoms with E-state index in [-0.39, 0.29) is 12.3 Å². The lowest BCUT2D eigenvalue weighted by Crippen LogP contribution is -2.02. The van der Waals surface area contributed by atoms with Crippen LogP contribution in [-0.4, -0.2) is 24.8 Å². The summed E-state index contributed by atoms with van der Waals surface area (Å²) in [5, 5.41) is 10.6. The van der Waals surface area contributed by atoms with E-state index in [1.54, 1.807) is 12.1 Å². The fourth-order valence-electron chi connectivity index (χ4n) is 2.23. The van der Waals surface area contributed by atoms with Gasteiger partial charge in [0.1, 0.15) is 0 Å². The summed E-state index contributed by atoms with van der Waals surface area (Å²) in [5.74, 6) is 0. The molecule has 0 saturated heterocycles. The molecule has 0 aliphatic carbocycles. The van der Waals surface area contributed by atoms with E-state index < -0.39 is 12.5 Å². The molecule has 0 saturated carbocycles. The van der Waals surface area contributed by atoms with Gasteiger partial charge in [0.05, 0.1) is 18.1 Å². The average molecular weight is 363 g/mol. The Labute approximate surface area is 147 Å². The van der Waals surface area contributed by atoms with Crippen LogP contribution in [0, 0.1) is 17.0 Å². The fourth-order valence-corrected chi connectivity index (χ4v) is 3.16. The molecule has 0 aliphatic heterocycles. The topological polar surface area (TPSA) is 78.7 Å². The molecule has 2 rings (SSSR count). The minimum absolute atomic E-state index is 0.0465. The van der Waals surface area contributed by atoms with Gasteiger partial charge in [0.2, 0.25) is 0 Å². The van der Waals surface area contributed by atoms with Crippen LogP contribution in [-0.2, 0) is 26.5 Å². The molecule has 7 heteroatoms. The van der Waals surface area contributed by atoms with Crippen molar-refractivity contribution in [1.29, 1.82) is 0 Å². The van der Waals surface area contributed by atoms with Gasteiger partial charge in [-0.25, -0.2) is 0 Å². The van der Waals surface area contributed by atoms with Crippen molar-refractivity contribution >= 4 is 13.3 Å². The maximum absolute atomic E-state index is 12.3. The summed E-state index contributed by atoms with van der Waals surface area (Å²) >= 11 is 0. The second kappa shape index (κ2) is 8.90. The Morgan fingerprint density at radius 3 is 1.80 bits per heavy atom. The normalized spacial score (nSPS) is 13.4. The van der Waals surface area contributed by atoms with Crippen LogP contribution < -0.4 is 0 Å². The second-order valence-corrected chi connectivity index (χ2v) is 7.91. The largest absolute Gasteiger partial charge is 0.327 e. The zero-order chi connectivity index (χ0) is 18.3. The standard InChI is InChI=1S/C18H22NO5P/c1-15-3-5-16(6-4-15)11-13-23-25(2,22)24-14-12-17-7-9-18(10-8-17)19(20)21/h3-10H,11-14H2,1-2H3. The van der Waals surface area contributed by atoms with Gasteiger partial charge >= 0.3 is 7.60 Å². The van der Waals surface area contributed by atoms with Crippen LogP contribution >= 0.6 is 7.60 Å². The lowest BCUT2D eigenvalue weighted by atomic mass is 10.1. The SMILES string of the molecule is Cc1ccc(CCOP(C)(=O)OCCc2ccc([N+](=O)[O-])cc2)cc1. The van der Waals surface area contributed by atoms with Crippen molar-refractivity contribution in [3.8, 4) is 0 Å². The number of nitrogens with zero attached hydrogens (tertiary/aromatic N) is 1. The molecule has 1 atom stereocenters. The number of non-ortho nitro benzene ring substituents is 1. The zero-order valence-electron chi connectivity index (χ0n) is 14.4. The Morgan fingerprint density at radius 2 is 1.36 bits per heavy atom. The molecule has 1 unspecified atom stereocenters. The van der Waals surface area contributed by atoms with Gasteiger partial charge in [-0.3, -0.25) is 14.7 Å². The Hall–Kier alpha value is -2.01. The third-order valence-corrected chi connectivity index (χ3v) is 5.00. The highest BCUT2D eigenvalue weighted by Gasteiger charge is 2.16. The van der Waals surface area contributed by atoms with Crippen molar-refractivity contribution in [3.05, 3.63) is 75.3 Å². The molecular formula is C18H22NO5P. The minimum Gasteiger partial charge on any atom is -0.308 e. The average Bonchev–Trinajstić information content (AvgIpc) is 2.57. The third-order valence-electron chi connectivity index (χ3n) is 3.70. The number of aryl methyl sites for hydroxylation is 1. The van der Waals surface area contributed by atoms with E-state index in [0.29, 0.717) is 19.4 Å². The van der Waals surface area contributed by atoms with Gasteiger partial charge < -0.3 is 9.05 Å². The molecule has 0 radical (unpaired) electrons. The maximum Gasteiger partial charge on any atom is 0.327 e. The van der Waals surface area contributed by atoms with Gasteiger partial charge in [-0.2, -0.15) is 0 Å². The Kier molecular flexibility index (Phi) is 6.88. The highest BCUT2D eigenvalue weighted by molar-refractivity contribution is 7.52. The smallest absolute Gasteiger partial charge is 0.308 e. The van der Waals surface area contributed by atoms with Gasteiger partial charge in [0.15, 0.2) is 0 Å². The first-order chi connectivity index (χ1) is 11.9. The van der Waals surface area contributed by atoms with Crippen LogP contribution in [0.5, 0.6) is 0 Å². The number of nitro groups is 1. The van der Waals surface area contributed by atoms with E-state index >= 15 is 0 Å². The lowest BCUT2D eigenvalue weighted by Gasteiger charge is -2.14. The molecule has 134 valence electrons. The van der Waals surface area contributed by atoms with Crippen molar-refractivity contribution in [1.82, 2.24) is 0 Å². The molecule has 0 bridgehead atoms. The first kappa shape index (κ1) is 19.3. The van der Waals surface area contributed by atoms with Gasteiger partial charge in [0.25, 0.3) is 5.69 Å². The monoisotopic (exact) mass is 363 g/mol. The number of nitro benzene ring substituents is 1. The van der Waals surface area contributed by atoms with E-state index in [0.717, 1.165) is 11.1 Å². The van der Waals surface area contributed by atoms with Gasteiger partial charge in [-0.1, -0.05) is 42.0 Å². The number of hydrogen-bond acceptors (Lipinski definition) is 5. The van der Waals surface area contributed by atoms with E-state index in [2.05, 4.69) is 0 Å². The predicted octanol–water partition coefficient (Wildman–Crippen LogP) is 4.54. The predicted molar refractivity (Wildman–Crippen MR) is 97.1 cm³/mol. The Bertz CT molecular complexity index is 743. The summed E-state index contributed by atoms with van der Waals surface area (Å²) in [6.07, 6.45) is 1.18. The highest BCUT2D eigenvalue weighted by Crippen LogP contribution is 2.43. The van der Waals surface area contributed by atoms with Crippen LogP contribution in [0.2, 0.25) is 0 Å². The Morgan fingerprint density at radius 1 is 0.920 bits per heavy atom. The van der Waals surface area contributed by atoms with Gasteiger partial charge in [0, 0.05) is 18.8 Å². The van der Waals surface area contributed by atoms with Crippen molar-refractivity contribution in [3.63, 3.8) is 0 Å². The summed E-state index contributed by atoms with van der Waals surface area (Å²) < 4.78 is 23.0. The minimum atomic E-state index is -3.11. The summed E-state index contributed by atoms with van der Waals surface area (Å²) in [4.78, 5) is 10.2. The number of hydrogen-bond donors (Lipinski definition) is 0. The molecule has 0 heterocycles. The van der Waals surface area contributed by atoms with Crippen LogP contribution in [0.1, 0.15) is 16.7 Å². The fraction of sp³-hybridized carbons (Fsp3) is 0.333. The molecule has 2 aromatic rings. The lowest BCUT2D eigenvalue weighted by molar-refractivity contribution is -0.384. The van der Waals surface area contributed by atoms with Crippen LogP contribution in [0.3, 0.4) is 0 Å². The van der Waals surface area contributed by atoms with E-state index in [1.807, 2.05) is 31.2 Å². The molecule has 0 fully saturated rings. The van der Waals surface area contributed by atoms with E-state index in [1.165, 1.54) is 24.4 Å². The van der Waals surface area contributed by atoms with Crippen LogP contribution in [0.25, 0.3) is 0 Å². The molecule has 0 aromatic heterocycles. The first-order valence-corrected chi connectivity index (χ1v) is 10.0. The first-order valence-electron chi connectivity index (χ1n) is 8.01. The summed E-state index contributed by atoms with van der Waals surface area (Å²) in [6, 6.07) is 14.3. The maximum atomic E-state index is 12.3. The van der Waals surface area contributed by atoms with Crippen molar-refractivity contribution in [2.45, 2.75) is 19.8 Å². The molecule has 0 N–H and O–H groups in total. The zero-order valence-corrected chi connectivity index (χ0v) is 15.3. The van der Waals surface area contributed by atoms with Crippen LogP contribution in [0.15, 0.2) is 48.5 Å². The van der Waals surface area contributed by atoms with Gasteiger partial charge in [-0.15, -0.1) is 0 Å². The third kappa shape index (κ3) is 6.78. The molecule has 0 spiro atoms. The molecule has 2 aromatic carbocycles. The molecule has 25 heavy (non-hydrogen) atoms. The summed E-state index contributed by atoms with van der Waals surface area (Å²) in [7, 11) is -3.11. The van der Waals surface area contributed by atoms with Crippen molar-refractivity contribution in [2.24, 2.45) is 0 Å². The van der Waals surface area contributed by atoms with E-state index in [9.17, 15) is 14.7 Å². The summed E-state index contributed by atoms with van der Waals surface area (Å²) in [6.45, 7) is 4.04. The molecule has 0 aliphatic rings. The quantitative estimate of drug-likeness (QED) is 0.371. The van der Waals surface area contributed by atoms with Crippen LogP contribution in [0.4, 0.5) is 5.69 Å². The number of benzene rings is 2. The number of rotatable bonds is 9. The highest BCUT2D eigenvalue weighted by atomic mass is 31.2. The van der Waals surface area contributed by atoms with Crippen molar-refractivity contribution < 1.29 is 18.5 Å². The second-order valence-electron chi connectivity index (χ2n) is 5.85. The molecule has 6 nitrogen and oxygen atoms in total. The van der Waals surface area contributed by atoms with Crippen molar-refractivity contribution in [2.75, 3.05) is 19.9 Å². The molecule has 0 amide bonds. The molecular weight excluding hydrogens is 341 g/mol. The van der Waals surface area contributed by atoms with Gasteiger partial charge in [-0.05, 0) is 30.9 Å².